The van der Waals surface area contributed by atoms with Gasteiger partial charge >= 0.3 is 0 Å². The number of carbonyl (C=O) groups is 1. The van der Waals surface area contributed by atoms with E-state index >= 15 is 0 Å². The van der Waals surface area contributed by atoms with Crippen LogP contribution in [-0.4, -0.2) is 35.4 Å². The lowest BCUT2D eigenvalue weighted by atomic mass is 10.3. The molecule has 2 aromatic rings. The van der Waals surface area contributed by atoms with Crippen molar-refractivity contribution in [2.24, 2.45) is 0 Å². The number of carbonyl (C=O) groups excluding carboxylic acids is 1. The Morgan fingerprint density at radius 1 is 1.48 bits per heavy atom. The number of rotatable bonds is 4. The molecule has 0 saturated heterocycles. The minimum absolute atomic E-state index is 0.0277. The fourth-order valence-electron chi connectivity index (χ4n) is 1.59. The Bertz CT molecular complexity index is 786. The third kappa shape index (κ3) is 3.35. The van der Waals surface area contributed by atoms with Gasteiger partial charge in [0, 0.05) is 0 Å². The van der Waals surface area contributed by atoms with Crippen LogP contribution in [-0.2, 0) is 9.84 Å². The average Bonchev–Trinajstić information content (AvgIpc) is 2.87. The number of aromatic hydroxyl groups is 1. The molecular weight excluding hydrogens is 409 g/mol. The fraction of sp³-hybridized carbons (Fsp3) is 0.167. The highest BCUT2D eigenvalue weighted by Gasteiger charge is 2.17. The minimum Gasteiger partial charge on any atom is -0.506 e. The van der Waals surface area contributed by atoms with Crippen molar-refractivity contribution in [3.05, 3.63) is 33.7 Å². The second-order valence-corrected chi connectivity index (χ2v) is 7.57. The molecule has 0 fully saturated rings. The lowest BCUT2D eigenvalue weighted by Crippen LogP contribution is -2.14. The van der Waals surface area contributed by atoms with Gasteiger partial charge in [-0.2, -0.15) is 5.10 Å². The number of anilines is 1. The first-order valence-electron chi connectivity index (χ1n) is 5.91. The topological polar surface area (TPSA) is 112 Å². The molecule has 0 aliphatic heterocycles. The van der Waals surface area contributed by atoms with E-state index in [2.05, 4.69) is 15.5 Å². The van der Waals surface area contributed by atoms with Crippen molar-refractivity contribution in [2.45, 2.75) is 11.8 Å². The zero-order valence-corrected chi connectivity index (χ0v) is 13.9. The summed E-state index contributed by atoms with van der Waals surface area (Å²) in [4.78, 5) is 12.1. The lowest BCUT2D eigenvalue weighted by molar-refractivity contribution is 0.102. The van der Waals surface area contributed by atoms with Crippen molar-refractivity contribution >= 4 is 44.0 Å². The van der Waals surface area contributed by atoms with Crippen LogP contribution in [0.4, 0.5) is 5.69 Å². The molecule has 1 aromatic carbocycles. The maximum Gasteiger partial charge on any atom is 0.274 e. The van der Waals surface area contributed by atoms with Crippen LogP contribution in [0.2, 0.25) is 0 Å². The second-order valence-electron chi connectivity index (χ2n) is 4.13. The molecule has 0 spiro atoms. The van der Waals surface area contributed by atoms with Gasteiger partial charge in [0.1, 0.15) is 11.4 Å². The van der Waals surface area contributed by atoms with Crippen molar-refractivity contribution in [2.75, 3.05) is 11.1 Å². The summed E-state index contributed by atoms with van der Waals surface area (Å²) in [6.45, 7) is 1.52. The van der Waals surface area contributed by atoms with Crippen molar-refractivity contribution in [3.8, 4) is 5.75 Å². The van der Waals surface area contributed by atoms with E-state index in [0.29, 0.717) is 3.57 Å². The summed E-state index contributed by atoms with van der Waals surface area (Å²) in [7, 11) is -3.42. The Hall–Kier alpha value is -1.62. The molecule has 1 heterocycles. The van der Waals surface area contributed by atoms with Crippen LogP contribution in [0.25, 0.3) is 0 Å². The van der Waals surface area contributed by atoms with E-state index in [9.17, 15) is 18.3 Å². The van der Waals surface area contributed by atoms with E-state index < -0.39 is 15.7 Å². The highest BCUT2D eigenvalue weighted by molar-refractivity contribution is 14.1. The SMILES string of the molecule is CCS(=O)(=O)c1ccc(O)c(NC(=O)c2[nH]ncc2I)c1. The standard InChI is InChI=1S/C12H12IN3O4S/c1-2-21(19,20)7-3-4-10(17)9(5-7)15-12(18)11-8(13)6-14-16-11/h3-6,17H,2H2,1H3,(H,14,16)(H,15,18). The van der Waals surface area contributed by atoms with Crippen LogP contribution in [0.15, 0.2) is 29.3 Å². The maximum atomic E-state index is 12.0. The number of hydrogen-bond donors (Lipinski definition) is 3. The number of aromatic nitrogens is 2. The van der Waals surface area contributed by atoms with Crippen molar-refractivity contribution in [1.82, 2.24) is 10.2 Å². The van der Waals surface area contributed by atoms with Gasteiger partial charge in [-0.3, -0.25) is 9.89 Å². The van der Waals surface area contributed by atoms with Crippen LogP contribution >= 0.6 is 22.6 Å². The number of hydrogen-bond acceptors (Lipinski definition) is 5. The van der Waals surface area contributed by atoms with Gasteiger partial charge in [0.25, 0.3) is 5.91 Å². The number of nitrogens with one attached hydrogen (secondary N) is 2. The van der Waals surface area contributed by atoms with Gasteiger partial charge in [-0.15, -0.1) is 0 Å². The predicted molar refractivity (Wildman–Crippen MR) is 85.1 cm³/mol. The van der Waals surface area contributed by atoms with E-state index in [-0.39, 0.29) is 27.8 Å². The molecule has 0 bridgehead atoms. The Kier molecular flexibility index (Phi) is 4.52. The third-order valence-corrected chi connectivity index (χ3v) is 5.33. The van der Waals surface area contributed by atoms with E-state index in [4.69, 9.17) is 0 Å². The first kappa shape index (κ1) is 15.8. The molecule has 7 nitrogen and oxygen atoms in total. The molecule has 1 amide bonds. The summed E-state index contributed by atoms with van der Waals surface area (Å²) in [5.74, 6) is -0.796. The summed E-state index contributed by atoms with van der Waals surface area (Å²) < 4.78 is 24.3. The van der Waals surface area contributed by atoms with Crippen LogP contribution in [0.5, 0.6) is 5.75 Å². The van der Waals surface area contributed by atoms with E-state index in [0.717, 1.165) is 0 Å². The molecule has 2 rings (SSSR count). The van der Waals surface area contributed by atoms with Crippen molar-refractivity contribution in [3.63, 3.8) is 0 Å². The van der Waals surface area contributed by atoms with E-state index in [1.165, 1.54) is 31.3 Å². The first-order valence-corrected chi connectivity index (χ1v) is 8.64. The van der Waals surface area contributed by atoms with Gasteiger partial charge < -0.3 is 10.4 Å². The fourth-order valence-corrected chi connectivity index (χ4v) is 3.00. The zero-order chi connectivity index (χ0) is 15.6. The van der Waals surface area contributed by atoms with Gasteiger partial charge in [0.2, 0.25) is 0 Å². The Balaban J connectivity index is 2.34. The number of H-pyrrole nitrogens is 1. The summed E-state index contributed by atoms with van der Waals surface area (Å²) in [5.41, 5.74) is 0.263. The molecule has 112 valence electrons. The highest BCUT2D eigenvalue weighted by atomic mass is 127. The Morgan fingerprint density at radius 3 is 2.76 bits per heavy atom. The molecular formula is C12H12IN3O4S. The van der Waals surface area contributed by atoms with Crippen LogP contribution in [0, 0.1) is 3.57 Å². The molecule has 9 heteroatoms. The number of sulfone groups is 1. The Labute approximate surface area is 134 Å². The maximum absolute atomic E-state index is 12.0. The monoisotopic (exact) mass is 421 g/mol. The molecule has 0 radical (unpaired) electrons. The van der Waals surface area contributed by atoms with Gasteiger partial charge in [0.05, 0.1) is 26.1 Å². The predicted octanol–water partition coefficient (Wildman–Crippen LogP) is 1.77. The van der Waals surface area contributed by atoms with Crippen LogP contribution in [0.1, 0.15) is 17.4 Å². The van der Waals surface area contributed by atoms with Crippen molar-refractivity contribution < 1.29 is 18.3 Å². The number of phenolic OH excluding ortho intramolecular Hbond substituents is 1. The zero-order valence-electron chi connectivity index (χ0n) is 10.9. The van der Waals surface area contributed by atoms with Crippen molar-refractivity contribution in [1.29, 1.82) is 0 Å². The molecule has 0 aliphatic rings. The molecule has 0 saturated carbocycles. The van der Waals surface area contributed by atoms with Gasteiger partial charge in [0.15, 0.2) is 9.84 Å². The Morgan fingerprint density at radius 2 is 2.19 bits per heavy atom. The number of phenols is 1. The average molecular weight is 421 g/mol. The number of aromatic amines is 1. The van der Waals surface area contributed by atoms with Crippen LogP contribution < -0.4 is 5.32 Å². The van der Waals surface area contributed by atoms with Gasteiger partial charge in [-0.1, -0.05) is 6.92 Å². The van der Waals surface area contributed by atoms with E-state index in [1.54, 1.807) is 0 Å². The normalized spacial score (nSPS) is 11.3. The summed E-state index contributed by atoms with van der Waals surface area (Å²) in [6, 6.07) is 3.76. The lowest BCUT2D eigenvalue weighted by Gasteiger charge is -2.09. The molecule has 0 atom stereocenters. The van der Waals surface area contributed by atoms with E-state index in [1.807, 2.05) is 22.6 Å². The number of halogens is 1. The summed E-state index contributed by atoms with van der Waals surface area (Å²) in [5, 5.41) is 18.5. The largest absolute Gasteiger partial charge is 0.506 e. The number of nitrogens with zero attached hydrogens (tertiary/aromatic N) is 1. The quantitative estimate of drug-likeness (QED) is 0.515. The molecule has 3 N–H and O–H groups in total. The summed E-state index contributed by atoms with van der Waals surface area (Å²) >= 11 is 1.93. The van der Waals surface area contributed by atoms with Crippen LogP contribution in [0.3, 0.4) is 0 Å². The number of benzene rings is 1. The molecule has 1 aromatic heterocycles. The van der Waals surface area contributed by atoms with Gasteiger partial charge in [-0.25, -0.2) is 8.42 Å². The first-order chi connectivity index (χ1) is 9.85. The molecule has 21 heavy (non-hydrogen) atoms. The van der Waals surface area contributed by atoms with Gasteiger partial charge in [-0.05, 0) is 40.8 Å². The molecule has 0 aliphatic carbocycles. The third-order valence-electron chi connectivity index (χ3n) is 2.78. The highest BCUT2D eigenvalue weighted by Crippen LogP contribution is 2.27. The second kappa shape index (κ2) is 6.02. The smallest absolute Gasteiger partial charge is 0.274 e. The number of amides is 1. The minimum atomic E-state index is -3.42. The summed E-state index contributed by atoms with van der Waals surface area (Å²) in [6.07, 6.45) is 1.48. The molecule has 0 unspecified atom stereocenters.